The first-order chi connectivity index (χ1) is 7.83. The molecule has 0 aliphatic heterocycles. The number of carbonyl (C=O) groups is 1. The van der Waals surface area contributed by atoms with Gasteiger partial charge in [-0.2, -0.15) is 0 Å². The summed E-state index contributed by atoms with van der Waals surface area (Å²) in [6, 6.07) is 6.62. The molecule has 0 aromatic heterocycles. The van der Waals surface area contributed by atoms with Crippen LogP contribution in [0.5, 0.6) is 0 Å². The molecule has 1 aromatic carbocycles. The maximum atomic E-state index is 11.4. The molecule has 0 amide bonds. The highest BCUT2D eigenvalue weighted by molar-refractivity contribution is 7.90. The van der Waals surface area contributed by atoms with Crippen LogP contribution in [0.2, 0.25) is 0 Å². The number of hydrogen-bond acceptors (Lipinski definition) is 3. The Hall–Kier alpha value is -1.36. The molecule has 0 bridgehead atoms. The van der Waals surface area contributed by atoms with Crippen LogP contribution in [-0.2, 0) is 20.0 Å². The Kier molecular flexibility index (Phi) is 2.73. The molecule has 1 aromatic rings. The van der Waals surface area contributed by atoms with E-state index in [0.717, 1.165) is 24.7 Å². The first-order valence-electron chi connectivity index (χ1n) is 5.36. The molecule has 4 nitrogen and oxygen atoms in total. The second-order valence-corrected chi connectivity index (χ2v) is 6.67. The van der Waals surface area contributed by atoms with Crippen molar-refractivity contribution < 1.29 is 18.3 Å². The minimum Gasteiger partial charge on any atom is -0.481 e. The zero-order valence-electron chi connectivity index (χ0n) is 9.51. The van der Waals surface area contributed by atoms with Gasteiger partial charge in [-0.3, -0.25) is 4.79 Å². The fraction of sp³-hybridized carbons (Fsp3) is 0.417. The van der Waals surface area contributed by atoms with Crippen molar-refractivity contribution in [2.24, 2.45) is 0 Å². The van der Waals surface area contributed by atoms with Gasteiger partial charge in [-0.1, -0.05) is 12.1 Å². The predicted octanol–water partition coefficient (Wildman–Crippen LogP) is 1.60. The maximum absolute atomic E-state index is 11.4. The minimum absolute atomic E-state index is 0.0697. The predicted molar refractivity (Wildman–Crippen MR) is 62.7 cm³/mol. The van der Waals surface area contributed by atoms with Crippen molar-refractivity contribution in [1.29, 1.82) is 0 Å². The molecule has 0 atom stereocenters. The number of sulfone groups is 1. The van der Waals surface area contributed by atoms with Gasteiger partial charge in [0.1, 0.15) is 0 Å². The van der Waals surface area contributed by atoms with Crippen LogP contribution >= 0.6 is 0 Å². The van der Waals surface area contributed by atoms with Crippen molar-refractivity contribution in [2.45, 2.75) is 29.6 Å². The Balaban J connectivity index is 2.38. The van der Waals surface area contributed by atoms with Gasteiger partial charge in [-0.15, -0.1) is 0 Å². The fourth-order valence-electron chi connectivity index (χ4n) is 2.06. The summed E-state index contributed by atoms with van der Waals surface area (Å²) in [6.07, 6.45) is 2.85. The smallest absolute Gasteiger partial charge is 0.304 e. The minimum atomic E-state index is -3.23. The number of hydrogen-bond donors (Lipinski definition) is 1. The molecule has 2 rings (SSSR count). The average Bonchev–Trinajstić information content (AvgIpc) is 2.97. The van der Waals surface area contributed by atoms with Crippen LogP contribution in [0.1, 0.15) is 24.8 Å². The molecular formula is C12H14O4S. The van der Waals surface area contributed by atoms with Gasteiger partial charge in [0.2, 0.25) is 0 Å². The molecule has 0 heterocycles. The highest BCUT2D eigenvalue weighted by atomic mass is 32.2. The van der Waals surface area contributed by atoms with Crippen molar-refractivity contribution in [1.82, 2.24) is 0 Å². The molecule has 17 heavy (non-hydrogen) atoms. The van der Waals surface area contributed by atoms with Gasteiger partial charge in [-0.25, -0.2) is 8.42 Å². The van der Waals surface area contributed by atoms with E-state index < -0.39 is 15.8 Å². The normalized spacial score (nSPS) is 17.7. The van der Waals surface area contributed by atoms with E-state index in [1.54, 1.807) is 12.1 Å². The van der Waals surface area contributed by atoms with Crippen molar-refractivity contribution in [3.05, 3.63) is 29.8 Å². The molecule has 92 valence electrons. The average molecular weight is 254 g/mol. The van der Waals surface area contributed by atoms with Gasteiger partial charge in [0, 0.05) is 11.7 Å². The summed E-state index contributed by atoms with van der Waals surface area (Å²) in [5.41, 5.74) is 0.481. The van der Waals surface area contributed by atoms with Crippen molar-refractivity contribution >= 4 is 15.8 Å². The highest BCUT2D eigenvalue weighted by Gasteiger charge is 2.46. The molecule has 1 aliphatic carbocycles. The summed E-state index contributed by atoms with van der Waals surface area (Å²) in [5.74, 6) is -0.841. The third-order valence-electron chi connectivity index (χ3n) is 3.22. The standard InChI is InChI=1S/C12H14O4S/c1-17(15,16)10-4-2-3-9(7-10)12(5-6-12)8-11(13)14/h2-4,7H,5-6,8H2,1H3,(H,13,14). The van der Waals surface area contributed by atoms with Crippen LogP contribution in [-0.4, -0.2) is 25.7 Å². The Labute approximate surface area is 100 Å². The molecule has 0 unspecified atom stereocenters. The van der Waals surface area contributed by atoms with E-state index in [4.69, 9.17) is 5.11 Å². The van der Waals surface area contributed by atoms with Crippen LogP contribution < -0.4 is 0 Å². The van der Waals surface area contributed by atoms with E-state index in [-0.39, 0.29) is 16.7 Å². The lowest BCUT2D eigenvalue weighted by molar-refractivity contribution is -0.137. The van der Waals surface area contributed by atoms with E-state index in [1.165, 1.54) is 6.07 Å². The SMILES string of the molecule is CS(=O)(=O)c1cccc(C2(CC(=O)O)CC2)c1. The van der Waals surface area contributed by atoms with Crippen LogP contribution in [0.15, 0.2) is 29.2 Å². The molecule has 0 spiro atoms. The lowest BCUT2D eigenvalue weighted by atomic mass is 9.93. The summed E-state index contributed by atoms with van der Waals surface area (Å²) in [7, 11) is -3.23. The number of benzene rings is 1. The summed E-state index contributed by atoms with van der Waals surface area (Å²) < 4.78 is 22.9. The Morgan fingerprint density at radius 1 is 1.41 bits per heavy atom. The lowest BCUT2D eigenvalue weighted by Crippen LogP contribution is -2.13. The topological polar surface area (TPSA) is 71.4 Å². The van der Waals surface area contributed by atoms with E-state index in [2.05, 4.69) is 0 Å². The zero-order valence-corrected chi connectivity index (χ0v) is 10.3. The molecule has 0 radical (unpaired) electrons. The number of rotatable bonds is 4. The lowest BCUT2D eigenvalue weighted by Gasteiger charge is -2.13. The number of carboxylic acids is 1. The number of carboxylic acid groups (broad SMARTS) is 1. The molecular weight excluding hydrogens is 240 g/mol. The second-order valence-electron chi connectivity index (χ2n) is 4.65. The highest BCUT2D eigenvalue weighted by Crippen LogP contribution is 2.51. The van der Waals surface area contributed by atoms with Crippen molar-refractivity contribution in [3.8, 4) is 0 Å². The summed E-state index contributed by atoms with van der Waals surface area (Å²) in [6.45, 7) is 0. The van der Waals surface area contributed by atoms with Crippen LogP contribution in [0.4, 0.5) is 0 Å². The molecule has 1 saturated carbocycles. The zero-order chi connectivity index (χ0) is 12.7. The third-order valence-corrected chi connectivity index (χ3v) is 4.33. The quantitative estimate of drug-likeness (QED) is 0.885. The van der Waals surface area contributed by atoms with Gasteiger partial charge in [0.05, 0.1) is 11.3 Å². The molecule has 0 saturated heterocycles. The second kappa shape index (κ2) is 3.84. The molecule has 1 N–H and O–H groups in total. The molecule has 5 heteroatoms. The van der Waals surface area contributed by atoms with E-state index in [9.17, 15) is 13.2 Å². The Bertz CT molecular complexity index is 556. The Morgan fingerprint density at radius 2 is 2.06 bits per heavy atom. The number of aliphatic carboxylic acids is 1. The first-order valence-corrected chi connectivity index (χ1v) is 7.25. The maximum Gasteiger partial charge on any atom is 0.304 e. The van der Waals surface area contributed by atoms with Crippen LogP contribution in [0.25, 0.3) is 0 Å². The van der Waals surface area contributed by atoms with Crippen molar-refractivity contribution in [3.63, 3.8) is 0 Å². The van der Waals surface area contributed by atoms with Crippen molar-refractivity contribution in [2.75, 3.05) is 6.26 Å². The van der Waals surface area contributed by atoms with E-state index >= 15 is 0 Å². The first kappa shape index (κ1) is 12.1. The largest absolute Gasteiger partial charge is 0.481 e. The monoisotopic (exact) mass is 254 g/mol. The van der Waals surface area contributed by atoms with Gasteiger partial charge < -0.3 is 5.11 Å². The van der Waals surface area contributed by atoms with E-state index in [0.29, 0.717) is 0 Å². The Morgan fingerprint density at radius 3 is 2.53 bits per heavy atom. The van der Waals surface area contributed by atoms with Gasteiger partial charge in [0.15, 0.2) is 9.84 Å². The summed E-state index contributed by atoms with van der Waals surface area (Å²) >= 11 is 0. The summed E-state index contributed by atoms with van der Waals surface area (Å²) in [4.78, 5) is 11.0. The van der Waals surface area contributed by atoms with Crippen LogP contribution in [0, 0.1) is 0 Å². The third kappa shape index (κ3) is 2.49. The van der Waals surface area contributed by atoms with Gasteiger partial charge >= 0.3 is 5.97 Å². The van der Waals surface area contributed by atoms with Crippen LogP contribution in [0.3, 0.4) is 0 Å². The van der Waals surface area contributed by atoms with Gasteiger partial charge in [0.25, 0.3) is 0 Å². The van der Waals surface area contributed by atoms with Gasteiger partial charge in [-0.05, 0) is 30.5 Å². The van der Waals surface area contributed by atoms with E-state index in [1.807, 2.05) is 6.07 Å². The summed E-state index contributed by atoms with van der Waals surface area (Å²) in [5, 5.41) is 8.86. The molecule has 1 fully saturated rings. The molecule has 1 aliphatic rings. The fourth-order valence-corrected chi connectivity index (χ4v) is 2.73.